The molecule has 1 heterocycles. The van der Waals surface area contributed by atoms with E-state index in [1.807, 2.05) is 12.1 Å². The number of nitrogens with zero attached hydrogens (tertiary/aromatic N) is 1. The van der Waals surface area contributed by atoms with Gasteiger partial charge in [-0.3, -0.25) is 0 Å². The van der Waals surface area contributed by atoms with E-state index in [1.165, 1.54) is 27.8 Å². The minimum absolute atomic E-state index is 0.0239. The van der Waals surface area contributed by atoms with Crippen LogP contribution in [0.3, 0.4) is 0 Å². The van der Waals surface area contributed by atoms with Crippen molar-refractivity contribution in [2.75, 3.05) is 12.3 Å². The standard InChI is InChI=1S/C13H14BrClN2O2S2/c1-2-17(8-9-6-7-12(14)20-9)21(18,19)13-10(15)4-3-5-11(13)16/h3-7H,2,8,16H2,1H3. The van der Waals surface area contributed by atoms with Gasteiger partial charge in [0.1, 0.15) is 4.90 Å². The lowest BCUT2D eigenvalue weighted by Crippen LogP contribution is -2.31. The monoisotopic (exact) mass is 408 g/mol. The molecule has 0 fully saturated rings. The zero-order valence-corrected chi connectivity index (χ0v) is 15.2. The number of sulfonamides is 1. The minimum atomic E-state index is -3.73. The lowest BCUT2D eigenvalue weighted by Gasteiger charge is -2.21. The molecular weight excluding hydrogens is 396 g/mol. The number of thiophene rings is 1. The molecule has 0 amide bonds. The Kier molecular flexibility index (Phi) is 5.32. The maximum atomic E-state index is 12.8. The van der Waals surface area contributed by atoms with Gasteiger partial charge in [0, 0.05) is 18.0 Å². The third kappa shape index (κ3) is 3.60. The van der Waals surface area contributed by atoms with Crippen molar-refractivity contribution in [3.8, 4) is 0 Å². The van der Waals surface area contributed by atoms with Crippen LogP contribution in [0.5, 0.6) is 0 Å². The Morgan fingerprint density at radius 1 is 1.33 bits per heavy atom. The Labute approximate surface area is 141 Å². The maximum Gasteiger partial charge on any atom is 0.246 e. The van der Waals surface area contributed by atoms with Crippen molar-refractivity contribution in [3.63, 3.8) is 0 Å². The van der Waals surface area contributed by atoms with Gasteiger partial charge in [-0.05, 0) is 40.2 Å². The van der Waals surface area contributed by atoms with Gasteiger partial charge in [-0.2, -0.15) is 4.31 Å². The summed E-state index contributed by atoms with van der Waals surface area (Å²) in [7, 11) is -3.73. The van der Waals surface area contributed by atoms with Crippen LogP contribution < -0.4 is 5.73 Å². The van der Waals surface area contributed by atoms with Gasteiger partial charge in [-0.25, -0.2) is 8.42 Å². The molecule has 2 aromatic rings. The summed E-state index contributed by atoms with van der Waals surface area (Å²) in [5, 5.41) is 0.140. The van der Waals surface area contributed by atoms with Gasteiger partial charge in [0.25, 0.3) is 0 Å². The predicted molar refractivity (Wildman–Crippen MR) is 91.2 cm³/mol. The second-order valence-corrected chi connectivity index (χ2v) is 9.12. The molecule has 1 aromatic carbocycles. The molecule has 0 aliphatic heterocycles. The third-order valence-electron chi connectivity index (χ3n) is 2.91. The molecule has 0 bridgehead atoms. The van der Waals surface area contributed by atoms with Gasteiger partial charge in [-0.1, -0.05) is 24.6 Å². The van der Waals surface area contributed by atoms with Crippen molar-refractivity contribution < 1.29 is 8.42 Å². The van der Waals surface area contributed by atoms with Crippen molar-refractivity contribution in [1.29, 1.82) is 0 Å². The van der Waals surface area contributed by atoms with E-state index in [9.17, 15) is 8.42 Å². The fourth-order valence-electron chi connectivity index (χ4n) is 1.90. The Morgan fingerprint density at radius 2 is 2.05 bits per heavy atom. The van der Waals surface area contributed by atoms with Crippen LogP contribution in [0, 0.1) is 0 Å². The van der Waals surface area contributed by atoms with Gasteiger partial charge < -0.3 is 5.73 Å². The van der Waals surface area contributed by atoms with Crippen molar-refractivity contribution in [2.24, 2.45) is 0 Å². The lowest BCUT2D eigenvalue weighted by molar-refractivity contribution is 0.426. The first-order valence-corrected chi connectivity index (χ1v) is 9.57. The van der Waals surface area contributed by atoms with Gasteiger partial charge in [-0.15, -0.1) is 11.3 Å². The predicted octanol–water partition coefficient (Wildman–Crippen LogP) is 3.96. The van der Waals surface area contributed by atoms with Crippen LogP contribution >= 0.6 is 38.9 Å². The summed E-state index contributed by atoms with van der Waals surface area (Å²) < 4.78 is 27.9. The fourth-order valence-corrected chi connectivity index (χ4v) is 5.55. The SMILES string of the molecule is CCN(Cc1ccc(Br)s1)S(=O)(=O)c1c(N)cccc1Cl. The summed E-state index contributed by atoms with van der Waals surface area (Å²) >= 11 is 10.9. The highest BCUT2D eigenvalue weighted by atomic mass is 79.9. The molecule has 2 N–H and O–H groups in total. The van der Waals surface area contributed by atoms with E-state index in [2.05, 4.69) is 15.9 Å². The minimum Gasteiger partial charge on any atom is -0.398 e. The first kappa shape index (κ1) is 16.8. The van der Waals surface area contributed by atoms with Crippen LogP contribution in [0.25, 0.3) is 0 Å². The average molecular weight is 410 g/mol. The summed E-state index contributed by atoms with van der Waals surface area (Å²) in [5.41, 5.74) is 5.96. The van der Waals surface area contributed by atoms with Gasteiger partial charge >= 0.3 is 0 Å². The van der Waals surface area contributed by atoms with Crippen LogP contribution in [0.4, 0.5) is 5.69 Å². The summed E-state index contributed by atoms with van der Waals surface area (Å²) in [6, 6.07) is 8.48. The van der Waals surface area contributed by atoms with Crippen LogP contribution in [0.15, 0.2) is 39.0 Å². The lowest BCUT2D eigenvalue weighted by atomic mass is 10.3. The van der Waals surface area contributed by atoms with Crippen molar-refractivity contribution in [2.45, 2.75) is 18.4 Å². The zero-order chi connectivity index (χ0) is 15.6. The second kappa shape index (κ2) is 6.66. The number of benzene rings is 1. The first-order valence-electron chi connectivity index (χ1n) is 6.14. The molecule has 0 atom stereocenters. The summed E-state index contributed by atoms with van der Waals surface area (Å²) in [5.74, 6) is 0. The number of nitrogen functional groups attached to an aromatic ring is 1. The first-order chi connectivity index (χ1) is 9.86. The van der Waals surface area contributed by atoms with E-state index in [0.717, 1.165) is 8.66 Å². The Bertz CT molecular complexity index is 726. The largest absolute Gasteiger partial charge is 0.398 e. The molecule has 0 spiro atoms. The third-order valence-corrected chi connectivity index (χ3v) is 6.98. The summed E-state index contributed by atoms with van der Waals surface area (Å²) in [6.45, 7) is 2.41. The van der Waals surface area contributed by atoms with Crippen molar-refractivity contribution >= 4 is 54.6 Å². The Hall–Kier alpha value is -0.600. The molecule has 4 nitrogen and oxygen atoms in total. The van der Waals surface area contributed by atoms with Crippen molar-refractivity contribution in [1.82, 2.24) is 4.31 Å². The molecule has 0 aliphatic carbocycles. The van der Waals surface area contributed by atoms with E-state index in [1.54, 1.807) is 13.0 Å². The Balaban J connectivity index is 2.40. The highest BCUT2D eigenvalue weighted by Crippen LogP contribution is 2.31. The van der Waals surface area contributed by atoms with Gasteiger partial charge in [0.2, 0.25) is 10.0 Å². The maximum absolute atomic E-state index is 12.8. The normalized spacial score (nSPS) is 12.0. The van der Waals surface area contributed by atoms with E-state index in [0.29, 0.717) is 13.1 Å². The number of hydrogen-bond donors (Lipinski definition) is 1. The van der Waals surface area contributed by atoms with Crippen LogP contribution in [0.2, 0.25) is 5.02 Å². The van der Waals surface area contributed by atoms with Gasteiger partial charge in [0.05, 0.1) is 14.5 Å². The van der Waals surface area contributed by atoms with E-state index in [-0.39, 0.29) is 15.6 Å². The van der Waals surface area contributed by atoms with E-state index in [4.69, 9.17) is 17.3 Å². The molecule has 0 saturated heterocycles. The van der Waals surface area contributed by atoms with Crippen LogP contribution in [-0.2, 0) is 16.6 Å². The molecule has 0 saturated carbocycles. The molecule has 8 heteroatoms. The summed E-state index contributed by atoms with van der Waals surface area (Å²) in [4.78, 5) is 0.919. The summed E-state index contributed by atoms with van der Waals surface area (Å²) in [6.07, 6.45) is 0. The molecular formula is C13H14BrClN2O2S2. The quantitative estimate of drug-likeness (QED) is 0.760. The Morgan fingerprint density at radius 3 is 2.57 bits per heavy atom. The molecule has 21 heavy (non-hydrogen) atoms. The number of halogens is 2. The smallest absolute Gasteiger partial charge is 0.246 e. The molecule has 114 valence electrons. The number of anilines is 1. The highest BCUT2D eigenvalue weighted by molar-refractivity contribution is 9.11. The van der Waals surface area contributed by atoms with Crippen molar-refractivity contribution in [3.05, 3.63) is 44.0 Å². The molecule has 2 rings (SSSR count). The molecule has 0 radical (unpaired) electrons. The highest BCUT2D eigenvalue weighted by Gasteiger charge is 2.28. The fraction of sp³-hybridized carbons (Fsp3) is 0.231. The van der Waals surface area contributed by atoms with Crippen LogP contribution in [0.1, 0.15) is 11.8 Å². The number of hydrogen-bond acceptors (Lipinski definition) is 4. The zero-order valence-electron chi connectivity index (χ0n) is 11.2. The molecule has 0 aliphatic rings. The van der Waals surface area contributed by atoms with Gasteiger partial charge in [0.15, 0.2) is 0 Å². The second-order valence-electron chi connectivity index (χ2n) is 4.30. The van der Waals surface area contributed by atoms with E-state index >= 15 is 0 Å². The number of rotatable bonds is 5. The van der Waals surface area contributed by atoms with E-state index < -0.39 is 10.0 Å². The molecule has 0 unspecified atom stereocenters. The van der Waals surface area contributed by atoms with Crippen LogP contribution in [-0.4, -0.2) is 19.3 Å². The topological polar surface area (TPSA) is 63.4 Å². The molecule has 1 aromatic heterocycles. The number of nitrogens with two attached hydrogens (primary N) is 1. The average Bonchev–Trinajstić information content (AvgIpc) is 2.81.